The average molecular weight is 497 g/mol. The molecule has 8 nitrogen and oxygen atoms in total. The number of furan rings is 1. The lowest BCUT2D eigenvalue weighted by Gasteiger charge is -2.36. The van der Waals surface area contributed by atoms with Crippen LogP contribution >= 0.6 is 23.4 Å². The molecule has 0 unspecified atom stereocenters. The van der Waals surface area contributed by atoms with Crippen LogP contribution in [0.3, 0.4) is 0 Å². The monoisotopic (exact) mass is 496 g/mol. The van der Waals surface area contributed by atoms with Gasteiger partial charge in [-0.25, -0.2) is 9.97 Å². The Morgan fingerprint density at radius 2 is 1.88 bits per heavy atom. The molecular formula is C24H21ClN4O4S. The molecule has 1 saturated heterocycles. The number of para-hydroxylation sites is 1. The number of nitrogens with zero attached hydrogens (tertiary/aromatic N) is 4. The molecule has 3 heterocycles. The number of carbonyl (C=O) groups excluding carboxylic acids is 2. The summed E-state index contributed by atoms with van der Waals surface area (Å²) in [5, 5.41) is 2.14. The number of benzene rings is 2. The SMILES string of the molecule is O=C(CSc1ncnc2c1oc1ccccc12)OCC(=O)N1CCN(c2cccc(Cl)c2)CC1. The number of hydrogen-bond acceptors (Lipinski definition) is 8. The van der Waals surface area contributed by atoms with Crippen LogP contribution in [0.25, 0.3) is 22.1 Å². The second kappa shape index (κ2) is 9.90. The maximum atomic E-state index is 12.5. The predicted molar refractivity (Wildman–Crippen MR) is 131 cm³/mol. The number of ether oxygens (including phenoxy) is 1. The molecule has 174 valence electrons. The van der Waals surface area contributed by atoms with E-state index in [2.05, 4.69) is 14.9 Å². The van der Waals surface area contributed by atoms with Crippen LogP contribution < -0.4 is 4.90 Å². The maximum absolute atomic E-state index is 12.5. The minimum Gasteiger partial charge on any atom is -0.455 e. The normalized spacial score (nSPS) is 14.0. The van der Waals surface area contributed by atoms with Crippen LogP contribution in [0.4, 0.5) is 5.69 Å². The van der Waals surface area contributed by atoms with Gasteiger partial charge in [0.1, 0.15) is 22.5 Å². The van der Waals surface area contributed by atoms with Crippen LogP contribution in [0.5, 0.6) is 0 Å². The van der Waals surface area contributed by atoms with Crippen LogP contribution in [0.1, 0.15) is 0 Å². The van der Waals surface area contributed by atoms with E-state index in [0.717, 1.165) is 11.1 Å². The van der Waals surface area contributed by atoms with Crippen LogP contribution in [0.2, 0.25) is 5.02 Å². The Balaban J connectivity index is 1.11. The number of halogens is 1. The largest absolute Gasteiger partial charge is 0.455 e. The number of thioether (sulfide) groups is 1. The third kappa shape index (κ3) is 4.80. The maximum Gasteiger partial charge on any atom is 0.316 e. The molecule has 1 fully saturated rings. The van der Waals surface area contributed by atoms with Gasteiger partial charge in [0.15, 0.2) is 12.2 Å². The van der Waals surface area contributed by atoms with Crippen molar-refractivity contribution in [2.45, 2.75) is 5.03 Å². The molecule has 0 aliphatic carbocycles. The summed E-state index contributed by atoms with van der Waals surface area (Å²) in [6.07, 6.45) is 1.45. The van der Waals surface area contributed by atoms with Crippen molar-refractivity contribution in [1.29, 1.82) is 0 Å². The molecule has 0 saturated carbocycles. The van der Waals surface area contributed by atoms with Crippen molar-refractivity contribution in [3.63, 3.8) is 0 Å². The molecule has 0 spiro atoms. The Hall–Kier alpha value is -3.30. The Kier molecular flexibility index (Phi) is 6.55. The van der Waals surface area contributed by atoms with E-state index in [1.165, 1.54) is 18.1 Å². The van der Waals surface area contributed by atoms with Gasteiger partial charge in [-0.1, -0.05) is 41.6 Å². The number of esters is 1. The van der Waals surface area contributed by atoms with E-state index >= 15 is 0 Å². The zero-order chi connectivity index (χ0) is 23.5. The van der Waals surface area contributed by atoms with E-state index in [0.29, 0.717) is 52.9 Å². The fraction of sp³-hybridized carbons (Fsp3) is 0.250. The average Bonchev–Trinajstić information content (AvgIpc) is 3.25. The van der Waals surface area contributed by atoms with E-state index in [1.807, 2.05) is 48.5 Å². The summed E-state index contributed by atoms with van der Waals surface area (Å²) < 4.78 is 11.1. The highest BCUT2D eigenvalue weighted by atomic mass is 35.5. The van der Waals surface area contributed by atoms with Crippen molar-refractivity contribution < 1.29 is 18.7 Å². The van der Waals surface area contributed by atoms with Gasteiger partial charge in [0.25, 0.3) is 5.91 Å². The van der Waals surface area contributed by atoms with Gasteiger partial charge in [-0.15, -0.1) is 0 Å². The zero-order valence-electron chi connectivity index (χ0n) is 18.1. The lowest BCUT2D eigenvalue weighted by molar-refractivity contribution is -0.150. The number of carbonyl (C=O) groups is 2. The molecule has 0 bridgehead atoms. The first kappa shape index (κ1) is 22.5. The minimum atomic E-state index is -0.487. The number of hydrogen-bond donors (Lipinski definition) is 0. The molecule has 0 atom stereocenters. The third-order valence-electron chi connectivity index (χ3n) is 5.61. The van der Waals surface area contributed by atoms with E-state index in [-0.39, 0.29) is 18.3 Å². The Labute approximate surface area is 204 Å². The first-order valence-electron chi connectivity index (χ1n) is 10.8. The fourth-order valence-corrected chi connectivity index (χ4v) is 4.81. The summed E-state index contributed by atoms with van der Waals surface area (Å²) in [5.74, 6) is -0.677. The van der Waals surface area contributed by atoms with Crippen molar-refractivity contribution in [3.05, 3.63) is 59.9 Å². The Bertz CT molecular complexity index is 1350. The smallest absolute Gasteiger partial charge is 0.316 e. The quantitative estimate of drug-likeness (QED) is 0.225. The van der Waals surface area contributed by atoms with Gasteiger partial charge in [-0.05, 0) is 30.3 Å². The summed E-state index contributed by atoms with van der Waals surface area (Å²) in [6.45, 7) is 2.22. The Morgan fingerprint density at radius 1 is 1.06 bits per heavy atom. The summed E-state index contributed by atoms with van der Waals surface area (Å²) in [4.78, 5) is 37.2. The molecule has 1 aliphatic rings. The first-order valence-corrected chi connectivity index (χ1v) is 12.1. The highest BCUT2D eigenvalue weighted by molar-refractivity contribution is 8.00. The molecule has 1 aliphatic heterocycles. The summed E-state index contributed by atoms with van der Waals surface area (Å²) in [7, 11) is 0. The van der Waals surface area contributed by atoms with Crippen molar-refractivity contribution >= 4 is 63.0 Å². The summed E-state index contributed by atoms with van der Waals surface area (Å²) >= 11 is 7.27. The van der Waals surface area contributed by atoms with E-state index < -0.39 is 5.97 Å². The zero-order valence-corrected chi connectivity index (χ0v) is 19.7. The number of fused-ring (bicyclic) bond motifs is 3. The fourth-order valence-electron chi connectivity index (χ4n) is 3.89. The van der Waals surface area contributed by atoms with Crippen LogP contribution in [0, 0.1) is 0 Å². The molecule has 0 radical (unpaired) electrons. The van der Waals surface area contributed by atoms with Gasteiger partial charge in [-0.3, -0.25) is 9.59 Å². The number of rotatable bonds is 6. The van der Waals surface area contributed by atoms with Crippen molar-refractivity contribution in [1.82, 2.24) is 14.9 Å². The van der Waals surface area contributed by atoms with Gasteiger partial charge in [0.2, 0.25) is 0 Å². The molecule has 2 aromatic heterocycles. The summed E-state index contributed by atoms with van der Waals surface area (Å²) in [5.41, 5.74) is 2.98. The lowest BCUT2D eigenvalue weighted by Crippen LogP contribution is -2.50. The van der Waals surface area contributed by atoms with Crippen molar-refractivity contribution in [2.24, 2.45) is 0 Å². The molecular weight excluding hydrogens is 476 g/mol. The number of aromatic nitrogens is 2. The second-order valence-electron chi connectivity index (χ2n) is 7.75. The molecule has 1 amide bonds. The van der Waals surface area contributed by atoms with E-state index in [1.54, 1.807) is 4.90 Å². The number of anilines is 1. The van der Waals surface area contributed by atoms with Crippen LogP contribution in [-0.4, -0.2) is 65.3 Å². The molecule has 4 aromatic rings. The number of amides is 1. The molecule has 5 rings (SSSR count). The van der Waals surface area contributed by atoms with E-state index in [9.17, 15) is 9.59 Å². The van der Waals surface area contributed by atoms with Crippen LogP contribution in [-0.2, 0) is 14.3 Å². The third-order valence-corrected chi connectivity index (χ3v) is 6.79. The molecule has 10 heteroatoms. The lowest BCUT2D eigenvalue weighted by atomic mass is 10.2. The molecule has 34 heavy (non-hydrogen) atoms. The highest BCUT2D eigenvalue weighted by Crippen LogP contribution is 2.32. The predicted octanol–water partition coefficient (Wildman–Crippen LogP) is 4.01. The standard InChI is InChI=1S/C24H21ClN4O4S/c25-16-4-3-5-17(12-16)28-8-10-29(11-9-28)20(30)13-32-21(31)14-34-24-23-22(26-15-27-24)18-6-1-2-7-19(18)33-23/h1-7,12,15H,8-11,13-14H2. The summed E-state index contributed by atoms with van der Waals surface area (Å²) in [6, 6.07) is 15.2. The second-order valence-corrected chi connectivity index (χ2v) is 9.15. The van der Waals surface area contributed by atoms with Gasteiger partial charge < -0.3 is 19.0 Å². The van der Waals surface area contributed by atoms with Crippen molar-refractivity contribution in [2.75, 3.05) is 43.4 Å². The molecule has 0 N–H and O–H groups in total. The van der Waals surface area contributed by atoms with Crippen molar-refractivity contribution in [3.8, 4) is 0 Å². The minimum absolute atomic E-state index is 0.0129. The van der Waals surface area contributed by atoms with E-state index in [4.69, 9.17) is 20.8 Å². The van der Waals surface area contributed by atoms with Gasteiger partial charge in [0, 0.05) is 42.3 Å². The number of piperazine rings is 1. The first-order chi connectivity index (χ1) is 16.6. The van der Waals surface area contributed by atoms with Gasteiger partial charge in [0.05, 0.1) is 5.75 Å². The van der Waals surface area contributed by atoms with Gasteiger partial charge >= 0.3 is 5.97 Å². The highest BCUT2D eigenvalue weighted by Gasteiger charge is 2.23. The molecule has 2 aromatic carbocycles. The van der Waals surface area contributed by atoms with Crippen LogP contribution in [0.15, 0.2) is 64.3 Å². The topological polar surface area (TPSA) is 88.8 Å². The van der Waals surface area contributed by atoms with Gasteiger partial charge in [-0.2, -0.15) is 0 Å². The Morgan fingerprint density at radius 3 is 2.71 bits per heavy atom.